The fourth-order valence-electron chi connectivity index (χ4n) is 4.32. The van der Waals surface area contributed by atoms with Crippen molar-refractivity contribution in [2.45, 2.75) is 26.3 Å². The summed E-state index contributed by atoms with van der Waals surface area (Å²) in [6, 6.07) is 15.9. The number of rotatable bonds is 5. The van der Waals surface area contributed by atoms with E-state index >= 15 is 0 Å². The molecule has 6 nitrogen and oxygen atoms in total. The Labute approximate surface area is 184 Å². The summed E-state index contributed by atoms with van der Waals surface area (Å²) in [5.41, 5.74) is 3.67. The van der Waals surface area contributed by atoms with Crippen LogP contribution in [0.15, 0.2) is 48.5 Å². The van der Waals surface area contributed by atoms with Gasteiger partial charge in [0.2, 0.25) is 5.91 Å². The third-order valence-electron chi connectivity index (χ3n) is 6.12. The Hall–Kier alpha value is -2.70. The summed E-state index contributed by atoms with van der Waals surface area (Å²) in [5, 5.41) is 3.05. The van der Waals surface area contributed by atoms with E-state index in [4.69, 9.17) is 4.74 Å². The normalized spacial score (nSPS) is 19.8. The van der Waals surface area contributed by atoms with Crippen molar-refractivity contribution in [2.24, 2.45) is 5.92 Å². The number of benzene rings is 2. The highest BCUT2D eigenvalue weighted by atomic mass is 16.5. The maximum absolute atomic E-state index is 13.1. The molecule has 2 heterocycles. The van der Waals surface area contributed by atoms with Crippen LogP contribution in [0.4, 0.5) is 5.69 Å². The molecule has 0 bridgehead atoms. The number of aryl methyl sites for hydroxylation is 1. The van der Waals surface area contributed by atoms with E-state index < -0.39 is 0 Å². The SMILES string of the molecule is Cc1ccc(CN2CCCC(C(=O)Nc3ccccc3C(=O)N3CCOCC3)C2)cc1. The average Bonchev–Trinajstić information content (AvgIpc) is 2.81. The number of morpholine rings is 1. The van der Waals surface area contributed by atoms with Crippen molar-refractivity contribution in [1.82, 2.24) is 9.80 Å². The number of amides is 2. The predicted octanol–water partition coefficient (Wildman–Crippen LogP) is 3.32. The van der Waals surface area contributed by atoms with Crippen molar-refractivity contribution in [2.75, 3.05) is 44.7 Å². The zero-order valence-corrected chi connectivity index (χ0v) is 18.2. The molecule has 2 aliphatic heterocycles. The Morgan fingerprint density at radius 2 is 1.77 bits per heavy atom. The third-order valence-corrected chi connectivity index (χ3v) is 6.12. The van der Waals surface area contributed by atoms with Gasteiger partial charge in [-0.15, -0.1) is 0 Å². The van der Waals surface area contributed by atoms with Crippen molar-refractivity contribution in [3.8, 4) is 0 Å². The van der Waals surface area contributed by atoms with Crippen molar-refractivity contribution < 1.29 is 14.3 Å². The number of nitrogens with zero attached hydrogens (tertiary/aromatic N) is 2. The lowest BCUT2D eigenvalue weighted by molar-refractivity contribution is -0.121. The topological polar surface area (TPSA) is 61.9 Å². The molecule has 0 radical (unpaired) electrons. The number of carbonyl (C=O) groups is 2. The van der Waals surface area contributed by atoms with Gasteiger partial charge in [-0.2, -0.15) is 0 Å². The fourth-order valence-corrected chi connectivity index (χ4v) is 4.32. The summed E-state index contributed by atoms with van der Waals surface area (Å²) >= 11 is 0. The molecule has 0 aromatic heterocycles. The third kappa shape index (κ3) is 5.51. The van der Waals surface area contributed by atoms with E-state index in [1.54, 1.807) is 11.0 Å². The second-order valence-corrected chi connectivity index (χ2v) is 8.50. The predicted molar refractivity (Wildman–Crippen MR) is 121 cm³/mol. The van der Waals surface area contributed by atoms with Gasteiger partial charge in [0.05, 0.1) is 30.4 Å². The van der Waals surface area contributed by atoms with Gasteiger partial charge in [0, 0.05) is 26.2 Å². The van der Waals surface area contributed by atoms with Crippen LogP contribution < -0.4 is 5.32 Å². The molecule has 2 fully saturated rings. The number of likely N-dealkylation sites (tertiary alicyclic amines) is 1. The van der Waals surface area contributed by atoms with E-state index in [1.807, 2.05) is 18.2 Å². The first-order chi connectivity index (χ1) is 15.1. The average molecular weight is 422 g/mol. The standard InChI is InChI=1S/C25H31N3O3/c1-19-8-10-20(11-9-19)17-27-12-4-5-21(18-27)24(29)26-23-7-3-2-6-22(23)25(30)28-13-15-31-16-14-28/h2-3,6-11,21H,4-5,12-18H2,1H3,(H,26,29). The van der Waals surface area contributed by atoms with Crippen molar-refractivity contribution in [3.63, 3.8) is 0 Å². The number of nitrogens with one attached hydrogen (secondary N) is 1. The van der Waals surface area contributed by atoms with Crippen LogP contribution in [0.1, 0.15) is 34.3 Å². The Kier molecular flexibility index (Phi) is 6.99. The molecule has 6 heteroatoms. The molecule has 2 saturated heterocycles. The number of anilines is 1. The molecule has 164 valence electrons. The fraction of sp³-hybridized carbons (Fsp3) is 0.440. The van der Waals surface area contributed by atoms with E-state index in [9.17, 15) is 9.59 Å². The maximum atomic E-state index is 13.1. The van der Waals surface area contributed by atoms with E-state index in [0.717, 1.165) is 32.5 Å². The summed E-state index contributed by atoms with van der Waals surface area (Å²) in [7, 11) is 0. The van der Waals surface area contributed by atoms with Crippen LogP contribution in [0.25, 0.3) is 0 Å². The van der Waals surface area contributed by atoms with Crippen molar-refractivity contribution in [3.05, 3.63) is 65.2 Å². The van der Waals surface area contributed by atoms with Gasteiger partial charge in [0.1, 0.15) is 0 Å². The zero-order valence-electron chi connectivity index (χ0n) is 18.2. The number of piperidine rings is 1. The van der Waals surface area contributed by atoms with Crippen LogP contribution in [-0.4, -0.2) is 61.0 Å². The summed E-state index contributed by atoms with van der Waals surface area (Å²) in [6.45, 7) is 6.96. The largest absolute Gasteiger partial charge is 0.378 e. The molecule has 2 aliphatic rings. The zero-order chi connectivity index (χ0) is 21.6. The van der Waals surface area contributed by atoms with Crippen LogP contribution in [0.2, 0.25) is 0 Å². The van der Waals surface area contributed by atoms with Crippen LogP contribution >= 0.6 is 0 Å². The van der Waals surface area contributed by atoms with Gasteiger partial charge in [-0.05, 0) is 44.0 Å². The van der Waals surface area contributed by atoms with Crippen LogP contribution in [0.3, 0.4) is 0 Å². The lowest BCUT2D eigenvalue weighted by Crippen LogP contribution is -2.42. The Balaban J connectivity index is 1.39. The minimum atomic E-state index is -0.0780. The first kappa shape index (κ1) is 21.5. The quantitative estimate of drug-likeness (QED) is 0.805. The summed E-state index contributed by atoms with van der Waals surface area (Å²) in [4.78, 5) is 30.2. The minimum Gasteiger partial charge on any atom is -0.378 e. The molecule has 1 N–H and O–H groups in total. The summed E-state index contributed by atoms with van der Waals surface area (Å²) in [6.07, 6.45) is 1.87. The van der Waals surface area contributed by atoms with Crippen molar-refractivity contribution >= 4 is 17.5 Å². The van der Waals surface area contributed by atoms with Crippen LogP contribution in [-0.2, 0) is 16.1 Å². The number of para-hydroxylation sites is 1. The molecular formula is C25H31N3O3. The Morgan fingerprint density at radius 3 is 2.55 bits per heavy atom. The maximum Gasteiger partial charge on any atom is 0.256 e. The van der Waals surface area contributed by atoms with Gasteiger partial charge >= 0.3 is 0 Å². The molecule has 1 unspecified atom stereocenters. The second-order valence-electron chi connectivity index (χ2n) is 8.50. The van der Waals surface area contributed by atoms with Gasteiger partial charge in [-0.25, -0.2) is 0 Å². The number of hydrogen-bond donors (Lipinski definition) is 1. The van der Waals surface area contributed by atoms with Crippen LogP contribution in [0.5, 0.6) is 0 Å². The smallest absolute Gasteiger partial charge is 0.256 e. The monoisotopic (exact) mass is 421 g/mol. The van der Waals surface area contributed by atoms with Gasteiger partial charge < -0.3 is 15.0 Å². The first-order valence-electron chi connectivity index (χ1n) is 11.1. The molecule has 1 atom stereocenters. The van der Waals surface area contributed by atoms with E-state index in [0.29, 0.717) is 37.6 Å². The van der Waals surface area contributed by atoms with E-state index in [2.05, 4.69) is 41.4 Å². The highest BCUT2D eigenvalue weighted by molar-refractivity contribution is 6.04. The summed E-state index contributed by atoms with van der Waals surface area (Å²) < 4.78 is 5.35. The molecule has 4 rings (SSSR count). The Bertz CT molecular complexity index is 906. The summed E-state index contributed by atoms with van der Waals surface area (Å²) in [5.74, 6) is -0.134. The van der Waals surface area contributed by atoms with Gasteiger partial charge in [-0.1, -0.05) is 42.0 Å². The van der Waals surface area contributed by atoms with Gasteiger partial charge in [0.15, 0.2) is 0 Å². The highest BCUT2D eigenvalue weighted by Gasteiger charge is 2.27. The molecule has 31 heavy (non-hydrogen) atoms. The molecule has 2 aromatic rings. The van der Waals surface area contributed by atoms with Crippen molar-refractivity contribution in [1.29, 1.82) is 0 Å². The Morgan fingerprint density at radius 1 is 1.03 bits per heavy atom. The number of carbonyl (C=O) groups excluding carboxylic acids is 2. The molecule has 2 amide bonds. The van der Waals surface area contributed by atoms with E-state index in [-0.39, 0.29) is 17.7 Å². The van der Waals surface area contributed by atoms with Gasteiger partial charge in [-0.3, -0.25) is 14.5 Å². The first-order valence-corrected chi connectivity index (χ1v) is 11.1. The molecule has 2 aromatic carbocycles. The van der Waals surface area contributed by atoms with E-state index in [1.165, 1.54) is 11.1 Å². The minimum absolute atomic E-state index is 0.00386. The number of hydrogen-bond acceptors (Lipinski definition) is 4. The molecule has 0 aliphatic carbocycles. The van der Waals surface area contributed by atoms with Gasteiger partial charge in [0.25, 0.3) is 5.91 Å². The van der Waals surface area contributed by atoms with Crippen LogP contribution in [0, 0.1) is 12.8 Å². The molecular weight excluding hydrogens is 390 g/mol. The second kappa shape index (κ2) is 10.1. The number of ether oxygens (including phenoxy) is 1. The highest BCUT2D eigenvalue weighted by Crippen LogP contribution is 2.23. The lowest BCUT2D eigenvalue weighted by Gasteiger charge is -2.32. The lowest BCUT2D eigenvalue weighted by atomic mass is 9.96. The molecule has 0 spiro atoms. The molecule has 0 saturated carbocycles.